The molecule has 1 N–H and O–H groups in total. The van der Waals surface area contributed by atoms with E-state index in [0.717, 1.165) is 18.1 Å². The Bertz CT molecular complexity index is 863. The van der Waals surface area contributed by atoms with Crippen LogP contribution in [0.4, 0.5) is 5.69 Å². The second-order valence-corrected chi connectivity index (χ2v) is 6.10. The molecule has 2 aromatic rings. The average molecular weight is 386 g/mol. The summed E-state index contributed by atoms with van der Waals surface area (Å²) in [5.74, 6) is -1.27. The summed E-state index contributed by atoms with van der Waals surface area (Å²) in [6.45, 7) is 3.40. The van der Waals surface area contributed by atoms with Gasteiger partial charge in [-0.25, -0.2) is 4.79 Å². The zero-order valence-corrected chi connectivity index (χ0v) is 15.9. The Labute approximate surface area is 162 Å². The number of esters is 1. The number of rotatable bonds is 8. The van der Waals surface area contributed by atoms with Gasteiger partial charge < -0.3 is 14.8 Å². The van der Waals surface area contributed by atoms with Crippen molar-refractivity contribution in [1.29, 1.82) is 0 Å². The van der Waals surface area contributed by atoms with Gasteiger partial charge in [-0.15, -0.1) is 0 Å². The maximum absolute atomic E-state index is 12.1. The molecular formula is C20H22N2O6. The van der Waals surface area contributed by atoms with E-state index in [0.29, 0.717) is 0 Å². The van der Waals surface area contributed by atoms with E-state index in [9.17, 15) is 19.7 Å². The molecule has 0 fully saturated rings. The van der Waals surface area contributed by atoms with E-state index in [1.165, 1.54) is 24.8 Å². The maximum Gasteiger partial charge on any atom is 0.338 e. The smallest absolute Gasteiger partial charge is 0.338 e. The summed E-state index contributed by atoms with van der Waals surface area (Å²) in [7, 11) is 1.29. The third-order valence-corrected chi connectivity index (χ3v) is 4.21. The third-order valence-electron chi connectivity index (χ3n) is 4.21. The largest absolute Gasteiger partial charge is 0.490 e. The zero-order chi connectivity index (χ0) is 20.7. The number of amides is 1. The van der Waals surface area contributed by atoms with Crippen LogP contribution in [0.1, 0.15) is 41.4 Å². The molecule has 0 aliphatic heterocycles. The van der Waals surface area contributed by atoms with Crippen molar-refractivity contribution < 1.29 is 24.0 Å². The van der Waals surface area contributed by atoms with E-state index in [4.69, 9.17) is 9.47 Å². The number of benzene rings is 2. The van der Waals surface area contributed by atoms with Gasteiger partial charge in [-0.3, -0.25) is 14.9 Å². The van der Waals surface area contributed by atoms with Gasteiger partial charge in [0.1, 0.15) is 0 Å². The molecule has 1 atom stereocenters. The molecule has 0 bridgehead atoms. The summed E-state index contributed by atoms with van der Waals surface area (Å²) < 4.78 is 9.84. The Morgan fingerprint density at radius 2 is 1.86 bits per heavy atom. The van der Waals surface area contributed by atoms with E-state index < -0.39 is 23.4 Å². The van der Waals surface area contributed by atoms with Crippen LogP contribution in [0.2, 0.25) is 0 Å². The molecular weight excluding hydrogens is 364 g/mol. The van der Waals surface area contributed by atoms with Crippen LogP contribution in [0.5, 0.6) is 5.75 Å². The lowest BCUT2D eigenvalue weighted by atomic mass is 10.1. The highest BCUT2D eigenvalue weighted by Gasteiger charge is 2.20. The summed E-state index contributed by atoms with van der Waals surface area (Å²) in [5, 5.41) is 13.8. The standard InChI is InChI=1S/C20H22N2O6/c1-4-14-5-7-15(8-6-14)13(2)21-19(23)12-28-20(24)16-9-10-18(27-3)17(11-16)22(25)26/h5-11,13H,4,12H2,1-3H3,(H,21,23)/t13-/m1/s1. The first-order valence-corrected chi connectivity index (χ1v) is 8.73. The predicted octanol–water partition coefficient (Wildman–Crippen LogP) is 3.20. The summed E-state index contributed by atoms with van der Waals surface area (Å²) in [4.78, 5) is 34.5. The quantitative estimate of drug-likeness (QED) is 0.424. The SMILES string of the molecule is CCc1ccc([C@@H](C)NC(=O)COC(=O)c2ccc(OC)c([N+](=O)[O-])c2)cc1. The molecule has 8 heteroatoms. The lowest BCUT2D eigenvalue weighted by molar-refractivity contribution is -0.385. The fourth-order valence-electron chi connectivity index (χ4n) is 2.58. The lowest BCUT2D eigenvalue weighted by Crippen LogP contribution is -2.31. The maximum atomic E-state index is 12.1. The van der Waals surface area contributed by atoms with Crippen LogP contribution >= 0.6 is 0 Å². The molecule has 148 valence electrons. The number of nitro benzene ring substituents is 1. The lowest BCUT2D eigenvalue weighted by Gasteiger charge is -2.15. The van der Waals surface area contributed by atoms with Crippen LogP contribution in [0.3, 0.4) is 0 Å². The van der Waals surface area contributed by atoms with Gasteiger partial charge in [-0.1, -0.05) is 31.2 Å². The van der Waals surface area contributed by atoms with E-state index in [2.05, 4.69) is 12.2 Å². The van der Waals surface area contributed by atoms with Crippen LogP contribution in [0.15, 0.2) is 42.5 Å². The Hall–Kier alpha value is -3.42. The van der Waals surface area contributed by atoms with Gasteiger partial charge in [0, 0.05) is 6.07 Å². The number of hydrogen-bond donors (Lipinski definition) is 1. The first-order valence-electron chi connectivity index (χ1n) is 8.73. The molecule has 0 radical (unpaired) electrons. The fraction of sp³-hybridized carbons (Fsp3) is 0.300. The number of hydrogen-bond acceptors (Lipinski definition) is 6. The van der Waals surface area contributed by atoms with Gasteiger partial charge in [-0.2, -0.15) is 0 Å². The summed E-state index contributed by atoms with van der Waals surface area (Å²) in [6, 6.07) is 11.3. The molecule has 0 saturated heterocycles. The average Bonchev–Trinajstić information content (AvgIpc) is 2.71. The van der Waals surface area contributed by atoms with Crippen molar-refractivity contribution in [2.24, 2.45) is 0 Å². The van der Waals surface area contributed by atoms with Crippen LogP contribution < -0.4 is 10.1 Å². The molecule has 0 spiro atoms. The molecule has 2 aromatic carbocycles. The summed E-state index contributed by atoms with van der Waals surface area (Å²) in [5.41, 5.74) is 1.74. The number of methoxy groups -OCH3 is 1. The van der Waals surface area contributed by atoms with E-state index in [1.807, 2.05) is 31.2 Å². The Balaban J connectivity index is 1.93. The molecule has 1 amide bonds. The minimum Gasteiger partial charge on any atom is -0.490 e. The van der Waals surface area contributed by atoms with Crippen molar-refractivity contribution in [2.75, 3.05) is 13.7 Å². The van der Waals surface area contributed by atoms with Crippen LogP contribution in [0, 0.1) is 10.1 Å². The monoisotopic (exact) mass is 386 g/mol. The number of carbonyl (C=O) groups excluding carboxylic acids is 2. The molecule has 0 aliphatic rings. The van der Waals surface area contributed by atoms with Crippen molar-refractivity contribution >= 4 is 17.6 Å². The molecule has 0 aromatic heterocycles. The molecule has 28 heavy (non-hydrogen) atoms. The van der Waals surface area contributed by atoms with Crippen LogP contribution in [-0.4, -0.2) is 30.5 Å². The summed E-state index contributed by atoms with van der Waals surface area (Å²) >= 11 is 0. The van der Waals surface area contributed by atoms with Crippen molar-refractivity contribution in [3.8, 4) is 5.75 Å². The minimum atomic E-state index is -0.833. The highest BCUT2D eigenvalue weighted by molar-refractivity contribution is 5.92. The molecule has 0 heterocycles. The first kappa shape index (κ1) is 20.9. The zero-order valence-electron chi connectivity index (χ0n) is 15.9. The molecule has 8 nitrogen and oxygen atoms in total. The van der Waals surface area contributed by atoms with Gasteiger partial charge in [0.05, 0.1) is 23.6 Å². The van der Waals surface area contributed by atoms with Gasteiger partial charge in [-0.05, 0) is 36.6 Å². The van der Waals surface area contributed by atoms with Crippen molar-refractivity contribution in [2.45, 2.75) is 26.3 Å². The minimum absolute atomic E-state index is 0.0298. The topological polar surface area (TPSA) is 108 Å². The normalized spacial score (nSPS) is 11.4. The van der Waals surface area contributed by atoms with Crippen molar-refractivity contribution in [3.05, 3.63) is 69.3 Å². The number of nitro groups is 1. The van der Waals surface area contributed by atoms with Crippen LogP contribution in [0.25, 0.3) is 0 Å². The number of carbonyl (C=O) groups is 2. The first-order chi connectivity index (χ1) is 13.3. The van der Waals surface area contributed by atoms with Gasteiger partial charge in [0.15, 0.2) is 12.4 Å². The molecule has 0 unspecified atom stereocenters. The van der Waals surface area contributed by atoms with Crippen molar-refractivity contribution in [3.63, 3.8) is 0 Å². The number of aryl methyl sites for hydroxylation is 1. The number of ether oxygens (including phenoxy) is 2. The van der Waals surface area contributed by atoms with Gasteiger partial charge in [0.2, 0.25) is 0 Å². The number of nitrogens with zero attached hydrogens (tertiary/aromatic N) is 1. The Morgan fingerprint density at radius 1 is 1.18 bits per heavy atom. The fourth-order valence-corrected chi connectivity index (χ4v) is 2.58. The highest BCUT2D eigenvalue weighted by Crippen LogP contribution is 2.27. The van der Waals surface area contributed by atoms with E-state index in [-0.39, 0.29) is 23.0 Å². The van der Waals surface area contributed by atoms with E-state index in [1.54, 1.807) is 0 Å². The highest BCUT2D eigenvalue weighted by atomic mass is 16.6. The molecule has 0 aliphatic carbocycles. The summed E-state index contributed by atoms with van der Waals surface area (Å²) in [6.07, 6.45) is 0.931. The Morgan fingerprint density at radius 3 is 2.43 bits per heavy atom. The van der Waals surface area contributed by atoms with E-state index >= 15 is 0 Å². The van der Waals surface area contributed by atoms with Crippen molar-refractivity contribution in [1.82, 2.24) is 5.32 Å². The molecule has 2 rings (SSSR count). The van der Waals surface area contributed by atoms with Gasteiger partial charge in [0.25, 0.3) is 5.91 Å². The van der Waals surface area contributed by atoms with Gasteiger partial charge >= 0.3 is 11.7 Å². The Kier molecular flexibility index (Phi) is 7.08. The molecule has 0 saturated carbocycles. The second-order valence-electron chi connectivity index (χ2n) is 6.10. The van der Waals surface area contributed by atoms with Crippen LogP contribution in [-0.2, 0) is 16.0 Å². The second kappa shape index (κ2) is 9.50. The number of nitrogens with one attached hydrogen (secondary N) is 1. The predicted molar refractivity (Wildman–Crippen MR) is 102 cm³/mol. The third kappa shape index (κ3) is 5.29.